The van der Waals surface area contributed by atoms with E-state index in [0.29, 0.717) is 12.2 Å². The lowest BCUT2D eigenvalue weighted by molar-refractivity contribution is 0.0920. The second kappa shape index (κ2) is 6.38. The molecule has 0 bridgehead atoms. The highest BCUT2D eigenvalue weighted by atomic mass is 32.1. The van der Waals surface area contributed by atoms with Crippen LogP contribution in [-0.4, -0.2) is 63.3 Å². The average Bonchev–Trinajstić information content (AvgIpc) is 3.07. The molecule has 8 heteroatoms. The number of carbonyl (C=O) groups excluding carboxylic acids is 1. The number of thiazole rings is 1. The van der Waals surface area contributed by atoms with Crippen LogP contribution in [0.3, 0.4) is 0 Å². The van der Waals surface area contributed by atoms with Crippen LogP contribution in [-0.2, 0) is 0 Å². The van der Waals surface area contributed by atoms with Gasteiger partial charge in [0.2, 0.25) is 0 Å². The fourth-order valence-corrected chi connectivity index (χ4v) is 4.66. The Hall–Kier alpha value is -2.32. The van der Waals surface area contributed by atoms with E-state index in [2.05, 4.69) is 29.7 Å². The van der Waals surface area contributed by atoms with E-state index in [9.17, 15) is 4.79 Å². The Labute approximate surface area is 161 Å². The number of fused-ring (bicyclic) bond motifs is 1. The van der Waals surface area contributed by atoms with Gasteiger partial charge in [0.1, 0.15) is 23.5 Å². The number of aromatic nitrogens is 4. The van der Waals surface area contributed by atoms with Crippen molar-refractivity contribution in [3.05, 3.63) is 34.7 Å². The number of Topliss-reactive ketones (excluding diaryl/α,β-unsaturated/α-hetero) is 1. The Morgan fingerprint density at radius 2 is 2.19 bits per heavy atom. The van der Waals surface area contributed by atoms with E-state index < -0.39 is 0 Å². The van der Waals surface area contributed by atoms with Crippen molar-refractivity contribution in [2.75, 3.05) is 37.6 Å². The van der Waals surface area contributed by atoms with Crippen LogP contribution >= 0.6 is 11.3 Å². The number of hydrogen-bond donors (Lipinski definition) is 1. The molecule has 2 fully saturated rings. The second-order valence-electron chi connectivity index (χ2n) is 7.74. The molecule has 5 rings (SSSR count). The Bertz CT molecular complexity index is 991. The third kappa shape index (κ3) is 3.23. The van der Waals surface area contributed by atoms with Crippen LogP contribution in [0.2, 0.25) is 0 Å². The molecule has 2 aliphatic rings. The monoisotopic (exact) mass is 382 g/mol. The molecule has 1 spiro atoms. The zero-order chi connectivity index (χ0) is 18.4. The first kappa shape index (κ1) is 16.8. The Kier molecular flexibility index (Phi) is 3.98. The van der Waals surface area contributed by atoms with E-state index in [4.69, 9.17) is 0 Å². The average molecular weight is 382 g/mol. The summed E-state index contributed by atoms with van der Waals surface area (Å²) in [6.45, 7) is 6.06. The number of carbonyl (C=O) groups is 1. The van der Waals surface area contributed by atoms with Gasteiger partial charge in [0.15, 0.2) is 5.78 Å². The van der Waals surface area contributed by atoms with Crippen molar-refractivity contribution >= 4 is 34.0 Å². The van der Waals surface area contributed by atoms with Crippen molar-refractivity contribution in [3.8, 4) is 0 Å². The first-order chi connectivity index (χ1) is 13.1. The molecule has 1 N–H and O–H groups in total. The Morgan fingerprint density at radius 1 is 1.30 bits per heavy atom. The van der Waals surface area contributed by atoms with Gasteiger partial charge in [0.25, 0.3) is 0 Å². The Morgan fingerprint density at radius 3 is 2.96 bits per heavy atom. The number of hydrogen-bond acceptors (Lipinski definition) is 7. The lowest BCUT2D eigenvalue weighted by Crippen LogP contribution is -2.35. The number of anilines is 1. The lowest BCUT2D eigenvalue weighted by Gasteiger charge is -2.25. The summed E-state index contributed by atoms with van der Waals surface area (Å²) in [4.78, 5) is 33.7. The summed E-state index contributed by atoms with van der Waals surface area (Å²) in [6.07, 6.45) is 5.97. The second-order valence-corrected chi connectivity index (χ2v) is 8.81. The molecule has 3 aromatic heterocycles. The highest BCUT2D eigenvalue weighted by Crippen LogP contribution is 2.48. The van der Waals surface area contributed by atoms with Crippen LogP contribution in [0.4, 0.5) is 5.82 Å². The summed E-state index contributed by atoms with van der Waals surface area (Å²) < 4.78 is 0. The van der Waals surface area contributed by atoms with Crippen molar-refractivity contribution < 1.29 is 4.79 Å². The predicted octanol–water partition coefficient (Wildman–Crippen LogP) is 2.51. The van der Waals surface area contributed by atoms with E-state index in [1.807, 2.05) is 24.6 Å². The van der Waals surface area contributed by atoms with Crippen LogP contribution < -0.4 is 4.90 Å². The van der Waals surface area contributed by atoms with Gasteiger partial charge in [0.05, 0.1) is 16.9 Å². The molecule has 1 aliphatic heterocycles. The van der Waals surface area contributed by atoms with Gasteiger partial charge in [-0.25, -0.2) is 15.0 Å². The Balaban J connectivity index is 1.36. The highest BCUT2D eigenvalue weighted by Gasteiger charge is 2.47. The molecule has 0 amide bonds. The van der Waals surface area contributed by atoms with Gasteiger partial charge in [0, 0.05) is 43.2 Å². The van der Waals surface area contributed by atoms with Gasteiger partial charge in [-0.15, -0.1) is 11.3 Å². The first-order valence-corrected chi connectivity index (χ1v) is 10.2. The molecule has 1 aliphatic carbocycles. The molecule has 27 heavy (non-hydrogen) atoms. The van der Waals surface area contributed by atoms with E-state index >= 15 is 0 Å². The SMILES string of the molecule is Cc1nc(C(=O)CN2CCN(c3ncnc4[nH]ccc34)CC3(CC3)C2)cs1. The zero-order valence-corrected chi connectivity index (χ0v) is 16.1. The van der Waals surface area contributed by atoms with Crippen LogP contribution in [0.15, 0.2) is 24.0 Å². The van der Waals surface area contributed by atoms with E-state index in [0.717, 1.165) is 48.0 Å². The standard InChI is InChI=1S/C19H22N6OS/c1-13-23-15(9-27-13)16(26)8-24-6-7-25(11-19(10-24)3-4-19)18-14-2-5-20-17(14)21-12-22-18/h2,5,9,12H,3-4,6-8,10-11H2,1H3,(H,20,21,22). The summed E-state index contributed by atoms with van der Waals surface area (Å²) in [5.41, 5.74) is 1.76. The molecule has 0 atom stereocenters. The smallest absolute Gasteiger partial charge is 0.195 e. The van der Waals surface area contributed by atoms with Crippen LogP contribution in [0.5, 0.6) is 0 Å². The minimum Gasteiger partial charge on any atom is -0.354 e. The molecule has 0 unspecified atom stereocenters. The minimum absolute atomic E-state index is 0.124. The quantitative estimate of drug-likeness (QED) is 0.699. The van der Waals surface area contributed by atoms with Gasteiger partial charge >= 0.3 is 0 Å². The molecule has 4 heterocycles. The van der Waals surface area contributed by atoms with Crippen LogP contribution in [0.1, 0.15) is 28.3 Å². The van der Waals surface area contributed by atoms with Crippen molar-refractivity contribution in [3.63, 3.8) is 0 Å². The van der Waals surface area contributed by atoms with Gasteiger partial charge < -0.3 is 9.88 Å². The zero-order valence-electron chi connectivity index (χ0n) is 15.3. The minimum atomic E-state index is 0.124. The first-order valence-electron chi connectivity index (χ1n) is 9.33. The van der Waals surface area contributed by atoms with E-state index in [1.165, 1.54) is 24.2 Å². The third-order valence-corrected chi connectivity index (χ3v) is 6.41. The van der Waals surface area contributed by atoms with Crippen molar-refractivity contribution in [2.24, 2.45) is 5.41 Å². The number of ketones is 1. The van der Waals surface area contributed by atoms with Gasteiger partial charge in [-0.05, 0) is 25.8 Å². The molecular formula is C19H22N6OS. The normalized spacial score (nSPS) is 19.5. The molecule has 1 saturated heterocycles. The summed E-state index contributed by atoms with van der Waals surface area (Å²) >= 11 is 1.53. The molecule has 140 valence electrons. The number of aryl methyl sites for hydroxylation is 1. The highest BCUT2D eigenvalue weighted by molar-refractivity contribution is 7.09. The molecule has 0 aromatic carbocycles. The largest absolute Gasteiger partial charge is 0.354 e. The molecule has 7 nitrogen and oxygen atoms in total. The maximum Gasteiger partial charge on any atom is 0.195 e. The third-order valence-electron chi connectivity index (χ3n) is 5.63. The van der Waals surface area contributed by atoms with Gasteiger partial charge in [-0.3, -0.25) is 9.69 Å². The van der Waals surface area contributed by atoms with E-state index in [1.54, 1.807) is 6.33 Å². The number of H-pyrrole nitrogens is 1. The van der Waals surface area contributed by atoms with Gasteiger partial charge in [-0.1, -0.05) is 0 Å². The van der Waals surface area contributed by atoms with Gasteiger partial charge in [-0.2, -0.15) is 0 Å². The predicted molar refractivity (Wildman–Crippen MR) is 105 cm³/mol. The van der Waals surface area contributed by atoms with Crippen LogP contribution in [0, 0.1) is 12.3 Å². The summed E-state index contributed by atoms with van der Waals surface area (Å²) in [5, 5.41) is 3.88. The fourth-order valence-electron chi connectivity index (χ4n) is 4.04. The van der Waals surface area contributed by atoms with Crippen molar-refractivity contribution in [2.45, 2.75) is 19.8 Å². The number of nitrogens with zero attached hydrogens (tertiary/aromatic N) is 5. The number of aromatic amines is 1. The number of nitrogens with one attached hydrogen (secondary N) is 1. The topological polar surface area (TPSA) is 78.0 Å². The van der Waals surface area contributed by atoms with Crippen molar-refractivity contribution in [1.29, 1.82) is 0 Å². The molecular weight excluding hydrogens is 360 g/mol. The lowest BCUT2D eigenvalue weighted by atomic mass is 10.1. The maximum absolute atomic E-state index is 12.6. The molecule has 3 aromatic rings. The molecule has 1 saturated carbocycles. The number of rotatable bonds is 4. The molecule has 0 radical (unpaired) electrons. The summed E-state index contributed by atoms with van der Waals surface area (Å²) in [6, 6.07) is 2.04. The van der Waals surface area contributed by atoms with Crippen molar-refractivity contribution in [1.82, 2.24) is 24.8 Å². The van der Waals surface area contributed by atoms with E-state index in [-0.39, 0.29) is 11.2 Å². The summed E-state index contributed by atoms with van der Waals surface area (Å²) in [5.74, 6) is 1.12. The maximum atomic E-state index is 12.6. The summed E-state index contributed by atoms with van der Waals surface area (Å²) in [7, 11) is 0. The van der Waals surface area contributed by atoms with Crippen LogP contribution in [0.25, 0.3) is 11.0 Å². The fraction of sp³-hybridized carbons (Fsp3) is 0.474.